The summed E-state index contributed by atoms with van der Waals surface area (Å²) < 4.78 is 33.1. The topological polar surface area (TPSA) is 91.8 Å². The van der Waals surface area contributed by atoms with E-state index in [0.717, 1.165) is 24.3 Å². The molecule has 3 aromatic rings. The van der Waals surface area contributed by atoms with Crippen LogP contribution in [0.4, 0.5) is 5.13 Å². The van der Waals surface area contributed by atoms with Crippen LogP contribution >= 0.6 is 11.3 Å². The summed E-state index contributed by atoms with van der Waals surface area (Å²) >= 11 is 1.33. The van der Waals surface area contributed by atoms with Crippen molar-refractivity contribution in [3.05, 3.63) is 77.3 Å². The van der Waals surface area contributed by atoms with Crippen LogP contribution in [0.2, 0.25) is 0 Å². The number of thiazole rings is 1. The van der Waals surface area contributed by atoms with Gasteiger partial charge in [0.25, 0.3) is 0 Å². The molecule has 1 aromatic heterocycles. The summed E-state index contributed by atoms with van der Waals surface area (Å²) in [6.45, 7) is 3.59. The van der Waals surface area contributed by atoms with Gasteiger partial charge in [0.05, 0.1) is 30.3 Å². The molecule has 1 N–H and O–H groups in total. The van der Waals surface area contributed by atoms with Gasteiger partial charge >= 0.3 is 0 Å². The van der Waals surface area contributed by atoms with Crippen LogP contribution in [-0.4, -0.2) is 61.4 Å². The summed E-state index contributed by atoms with van der Waals surface area (Å²) in [6, 6.07) is 17.4. The van der Waals surface area contributed by atoms with Crippen molar-refractivity contribution >= 4 is 32.4 Å². The highest BCUT2D eigenvalue weighted by Crippen LogP contribution is 2.20. The summed E-state index contributed by atoms with van der Waals surface area (Å²) in [7, 11) is -3.86. The Morgan fingerprint density at radius 2 is 1.73 bits per heavy atom. The van der Waals surface area contributed by atoms with Crippen molar-refractivity contribution in [3.8, 4) is 0 Å². The molecule has 0 aliphatic carbocycles. The predicted octanol–water partition coefficient (Wildman–Crippen LogP) is 2.80. The summed E-state index contributed by atoms with van der Waals surface area (Å²) in [5.41, 5.74) is 1.67. The fourth-order valence-electron chi connectivity index (χ4n) is 3.50. The molecule has 1 fully saturated rings. The molecule has 0 spiro atoms. The zero-order valence-corrected chi connectivity index (χ0v) is 19.7. The lowest BCUT2D eigenvalue weighted by Gasteiger charge is -2.25. The first kappa shape index (κ1) is 23.5. The van der Waals surface area contributed by atoms with Crippen LogP contribution in [0.15, 0.2) is 70.9 Å². The van der Waals surface area contributed by atoms with E-state index in [9.17, 15) is 13.2 Å². The number of anilines is 1. The van der Waals surface area contributed by atoms with Crippen molar-refractivity contribution in [3.63, 3.8) is 0 Å². The van der Waals surface area contributed by atoms with Crippen molar-refractivity contribution in [2.75, 3.05) is 38.2 Å². The van der Waals surface area contributed by atoms with Crippen LogP contribution in [0, 0.1) is 0 Å². The Morgan fingerprint density at radius 3 is 2.42 bits per heavy atom. The van der Waals surface area contributed by atoms with E-state index < -0.39 is 15.9 Å². The zero-order valence-electron chi connectivity index (χ0n) is 18.1. The molecule has 2 heterocycles. The molecule has 0 bridgehead atoms. The molecule has 0 saturated carbocycles. The number of benzene rings is 2. The number of carbonyl (C=O) groups is 1. The zero-order chi connectivity index (χ0) is 23.1. The molecule has 33 heavy (non-hydrogen) atoms. The van der Waals surface area contributed by atoms with Gasteiger partial charge in [0.15, 0.2) is 5.13 Å². The standard InChI is InChI=1S/C23H26N4O4S2/c28-22(25-23-24-20(18-32-23)16-26-11-13-31-14-12-26)17-27(15-19-7-3-1-4-8-19)33(29,30)21-9-5-2-6-10-21/h1-10,18H,11-17H2,(H,24,25,28). The van der Waals surface area contributed by atoms with Crippen LogP contribution in [0.25, 0.3) is 0 Å². The third-order valence-electron chi connectivity index (χ3n) is 5.19. The molecule has 1 aliphatic heterocycles. The summed E-state index contributed by atoms with van der Waals surface area (Å²) in [6.07, 6.45) is 0. The minimum atomic E-state index is -3.86. The number of nitrogens with zero attached hydrogens (tertiary/aromatic N) is 3. The Bertz CT molecular complexity index is 1150. The van der Waals surface area contributed by atoms with Crippen LogP contribution in [-0.2, 0) is 32.6 Å². The first-order chi connectivity index (χ1) is 16.0. The van der Waals surface area contributed by atoms with E-state index in [2.05, 4.69) is 15.2 Å². The number of morpholine rings is 1. The third kappa shape index (κ3) is 6.46. The van der Waals surface area contributed by atoms with Crippen LogP contribution in [0.5, 0.6) is 0 Å². The number of hydrogen-bond donors (Lipinski definition) is 1. The van der Waals surface area contributed by atoms with E-state index in [1.165, 1.54) is 27.8 Å². The minimum Gasteiger partial charge on any atom is -0.379 e. The summed E-state index contributed by atoms with van der Waals surface area (Å²) in [5.74, 6) is -0.433. The second-order valence-corrected chi connectivity index (χ2v) is 10.4. The maximum atomic E-state index is 13.3. The summed E-state index contributed by atoms with van der Waals surface area (Å²) in [5, 5.41) is 5.13. The average Bonchev–Trinajstić information content (AvgIpc) is 3.27. The van der Waals surface area contributed by atoms with Crippen LogP contribution in [0.3, 0.4) is 0 Å². The molecule has 0 radical (unpaired) electrons. The largest absolute Gasteiger partial charge is 0.379 e. The molecule has 1 aliphatic rings. The molecule has 2 aromatic carbocycles. The Hall–Kier alpha value is -2.63. The van der Waals surface area contributed by atoms with E-state index in [-0.39, 0.29) is 18.0 Å². The quantitative estimate of drug-likeness (QED) is 0.500. The smallest absolute Gasteiger partial charge is 0.243 e. The van der Waals surface area contributed by atoms with E-state index in [1.54, 1.807) is 18.2 Å². The molecule has 8 nitrogen and oxygen atoms in total. The number of ether oxygens (including phenoxy) is 1. The van der Waals surface area contributed by atoms with Crippen molar-refractivity contribution < 1.29 is 17.9 Å². The minimum absolute atomic E-state index is 0.0889. The van der Waals surface area contributed by atoms with E-state index in [4.69, 9.17) is 4.74 Å². The van der Waals surface area contributed by atoms with Crippen molar-refractivity contribution in [1.82, 2.24) is 14.2 Å². The van der Waals surface area contributed by atoms with Crippen molar-refractivity contribution in [1.29, 1.82) is 0 Å². The molecule has 10 heteroatoms. The van der Waals surface area contributed by atoms with Gasteiger partial charge in [-0.1, -0.05) is 48.5 Å². The normalized spacial score (nSPS) is 14.9. The van der Waals surface area contributed by atoms with Gasteiger partial charge in [0.2, 0.25) is 15.9 Å². The van der Waals surface area contributed by atoms with E-state index in [1.807, 2.05) is 35.7 Å². The highest BCUT2D eigenvalue weighted by molar-refractivity contribution is 7.89. The van der Waals surface area contributed by atoms with Gasteiger partial charge < -0.3 is 10.1 Å². The fraction of sp³-hybridized carbons (Fsp3) is 0.304. The highest BCUT2D eigenvalue weighted by atomic mass is 32.2. The number of aromatic nitrogens is 1. The summed E-state index contributed by atoms with van der Waals surface area (Å²) in [4.78, 5) is 19.7. The maximum absolute atomic E-state index is 13.3. The second-order valence-electron chi connectivity index (χ2n) is 7.65. The molecular weight excluding hydrogens is 460 g/mol. The lowest BCUT2D eigenvalue weighted by molar-refractivity contribution is -0.116. The van der Waals surface area contributed by atoms with Crippen LogP contribution < -0.4 is 5.32 Å². The first-order valence-corrected chi connectivity index (χ1v) is 13.0. The van der Waals surface area contributed by atoms with Gasteiger partial charge in [-0.3, -0.25) is 9.69 Å². The lowest BCUT2D eigenvalue weighted by Crippen LogP contribution is -2.37. The van der Waals surface area contributed by atoms with E-state index >= 15 is 0 Å². The number of nitrogens with one attached hydrogen (secondary N) is 1. The average molecular weight is 487 g/mol. The molecule has 1 saturated heterocycles. The third-order valence-corrected chi connectivity index (χ3v) is 7.80. The van der Waals surface area contributed by atoms with Gasteiger partial charge in [-0.2, -0.15) is 4.31 Å². The number of carbonyl (C=O) groups excluding carboxylic acids is 1. The molecule has 0 unspecified atom stereocenters. The van der Waals surface area contributed by atoms with Gasteiger partial charge in [-0.15, -0.1) is 11.3 Å². The lowest BCUT2D eigenvalue weighted by atomic mass is 10.2. The number of amides is 1. The van der Waals surface area contributed by atoms with Gasteiger partial charge in [0, 0.05) is 31.6 Å². The van der Waals surface area contributed by atoms with Gasteiger partial charge in [-0.25, -0.2) is 13.4 Å². The molecular formula is C23H26N4O4S2. The van der Waals surface area contributed by atoms with Crippen molar-refractivity contribution in [2.45, 2.75) is 18.0 Å². The number of sulfonamides is 1. The molecule has 0 atom stereocenters. The maximum Gasteiger partial charge on any atom is 0.243 e. The Morgan fingerprint density at radius 1 is 1.06 bits per heavy atom. The monoisotopic (exact) mass is 486 g/mol. The van der Waals surface area contributed by atoms with Gasteiger partial charge in [-0.05, 0) is 17.7 Å². The molecule has 174 valence electrons. The predicted molar refractivity (Wildman–Crippen MR) is 127 cm³/mol. The number of hydrogen-bond acceptors (Lipinski definition) is 7. The SMILES string of the molecule is O=C(CN(Cc1ccccc1)S(=O)(=O)c1ccccc1)Nc1nc(CN2CCOCC2)cs1. The Labute approximate surface area is 197 Å². The van der Waals surface area contributed by atoms with E-state index in [0.29, 0.717) is 24.9 Å². The first-order valence-electron chi connectivity index (χ1n) is 10.6. The highest BCUT2D eigenvalue weighted by Gasteiger charge is 2.27. The fourth-order valence-corrected chi connectivity index (χ4v) is 5.62. The molecule has 4 rings (SSSR count). The number of rotatable bonds is 9. The Kier molecular flexibility index (Phi) is 7.84. The van der Waals surface area contributed by atoms with Crippen LogP contribution in [0.1, 0.15) is 11.3 Å². The van der Waals surface area contributed by atoms with Gasteiger partial charge in [0.1, 0.15) is 0 Å². The molecule has 1 amide bonds. The Balaban J connectivity index is 1.45. The van der Waals surface area contributed by atoms with Crippen molar-refractivity contribution in [2.24, 2.45) is 0 Å². The second kappa shape index (κ2) is 11.0.